The Hall–Kier alpha value is -3.86. The highest BCUT2D eigenvalue weighted by molar-refractivity contribution is 7.92. The smallest absolute Gasteiger partial charge is 0.475 e. The van der Waals surface area contributed by atoms with Crippen LogP contribution in [0.2, 0.25) is 0 Å². The largest absolute Gasteiger partial charge is 0.490 e. The second-order valence-electron chi connectivity index (χ2n) is 9.89. The first kappa shape index (κ1) is 35.3. The Balaban J connectivity index is 0.000000821. The van der Waals surface area contributed by atoms with Crippen molar-refractivity contribution in [2.45, 2.75) is 37.4 Å². The summed E-state index contributed by atoms with van der Waals surface area (Å²) in [4.78, 5) is 35.8. The number of fused-ring (bicyclic) bond motifs is 1. The third-order valence-electron chi connectivity index (χ3n) is 6.73. The summed E-state index contributed by atoms with van der Waals surface area (Å²) in [5, 5.41) is 26.1. The molecule has 0 saturated heterocycles. The molecule has 1 heterocycles. The Morgan fingerprint density at radius 3 is 2.23 bits per heavy atom. The van der Waals surface area contributed by atoms with Crippen LogP contribution in [0.1, 0.15) is 18.9 Å². The number of hydrogen-bond donors (Lipinski definition) is 4. The number of hydroxylamine groups is 1. The summed E-state index contributed by atoms with van der Waals surface area (Å²) in [6.07, 6.45) is -2.93. The van der Waals surface area contributed by atoms with Gasteiger partial charge in [-0.1, -0.05) is 18.2 Å². The molecule has 1 unspecified atom stereocenters. The van der Waals surface area contributed by atoms with Crippen molar-refractivity contribution in [3.63, 3.8) is 0 Å². The molecule has 0 spiro atoms. The van der Waals surface area contributed by atoms with Crippen LogP contribution in [0.4, 0.5) is 17.6 Å². The van der Waals surface area contributed by atoms with Crippen molar-refractivity contribution in [2.75, 3.05) is 26.5 Å². The number of sulfone groups is 1. The standard InChI is InChI=1S/C25H30FN3O6S.C2HF3O2/c1-25(24(32)27-33,36(3,34)35)9-11-29-10-8-19-15-18(5-7-21(19)23(29)31)20-6-4-17(14-22(20)26)16-28(2)12-13-30;3-2(4,5)1(6)7/h4-8,10,14-15,30,33H,9,11-13,16H2,1-3H3,(H,27,32);(H,6,7). The molecule has 11 nitrogen and oxygen atoms in total. The van der Waals surface area contributed by atoms with Crippen LogP contribution >= 0.6 is 0 Å². The van der Waals surface area contributed by atoms with Gasteiger partial charge in [-0.3, -0.25) is 19.7 Å². The van der Waals surface area contributed by atoms with Gasteiger partial charge in [0.05, 0.1) is 6.61 Å². The average Bonchev–Trinajstić information content (AvgIpc) is 2.91. The Bertz CT molecular complexity index is 1640. The van der Waals surface area contributed by atoms with E-state index in [2.05, 4.69) is 0 Å². The summed E-state index contributed by atoms with van der Waals surface area (Å²) in [6.45, 7) is 2.11. The number of amides is 1. The summed E-state index contributed by atoms with van der Waals surface area (Å²) in [5.41, 5.74) is 2.75. The number of carboxylic acid groups (broad SMARTS) is 1. The molecule has 3 rings (SSSR count). The Morgan fingerprint density at radius 2 is 1.72 bits per heavy atom. The number of aliphatic carboxylic acids is 1. The van der Waals surface area contributed by atoms with Crippen molar-refractivity contribution in [1.29, 1.82) is 0 Å². The van der Waals surface area contributed by atoms with E-state index in [4.69, 9.17) is 20.2 Å². The zero-order valence-electron chi connectivity index (χ0n) is 23.4. The van der Waals surface area contributed by atoms with E-state index in [1.165, 1.54) is 29.2 Å². The van der Waals surface area contributed by atoms with Crippen molar-refractivity contribution >= 4 is 32.5 Å². The van der Waals surface area contributed by atoms with Crippen LogP contribution in [0.25, 0.3) is 21.9 Å². The number of aromatic nitrogens is 1. The average molecular weight is 634 g/mol. The minimum absolute atomic E-state index is 0.0187. The number of pyridine rings is 1. The van der Waals surface area contributed by atoms with Crippen molar-refractivity contribution in [1.82, 2.24) is 14.9 Å². The number of alkyl halides is 3. The van der Waals surface area contributed by atoms with E-state index in [0.717, 1.165) is 11.8 Å². The fraction of sp³-hybridized carbons (Fsp3) is 0.370. The lowest BCUT2D eigenvalue weighted by Crippen LogP contribution is -2.49. The van der Waals surface area contributed by atoms with Crippen molar-refractivity contribution < 1.29 is 51.0 Å². The number of aliphatic hydroxyl groups is 1. The molecule has 4 N–H and O–H groups in total. The molecule has 0 aliphatic heterocycles. The lowest BCUT2D eigenvalue weighted by Gasteiger charge is -2.25. The number of hydrogen-bond acceptors (Lipinski definition) is 8. The van der Waals surface area contributed by atoms with Crippen LogP contribution in [0.3, 0.4) is 0 Å². The Labute approximate surface area is 243 Å². The topological polar surface area (TPSA) is 166 Å². The number of benzene rings is 2. The van der Waals surface area contributed by atoms with E-state index < -0.39 is 38.5 Å². The highest BCUT2D eigenvalue weighted by atomic mass is 32.2. The molecule has 3 aromatic rings. The lowest BCUT2D eigenvalue weighted by atomic mass is 10.00. The first-order chi connectivity index (χ1) is 19.8. The molecule has 236 valence electrons. The van der Waals surface area contributed by atoms with Crippen LogP contribution in [0.15, 0.2) is 53.5 Å². The quantitative estimate of drug-likeness (QED) is 0.149. The summed E-state index contributed by atoms with van der Waals surface area (Å²) >= 11 is 0. The van der Waals surface area contributed by atoms with Gasteiger partial charge in [-0.15, -0.1) is 0 Å². The van der Waals surface area contributed by atoms with E-state index in [-0.39, 0.29) is 25.1 Å². The number of carboxylic acids is 1. The number of aliphatic hydroxyl groups excluding tert-OH is 1. The summed E-state index contributed by atoms with van der Waals surface area (Å²) in [6, 6.07) is 11.5. The highest BCUT2D eigenvalue weighted by Gasteiger charge is 2.43. The van der Waals surface area contributed by atoms with Crippen molar-refractivity contribution in [2.24, 2.45) is 0 Å². The molecule has 0 fully saturated rings. The van der Waals surface area contributed by atoms with Crippen LogP contribution in [0, 0.1) is 5.82 Å². The lowest BCUT2D eigenvalue weighted by molar-refractivity contribution is -0.192. The molecule has 0 bridgehead atoms. The molecule has 0 aliphatic rings. The molecular formula is C27H31F4N3O8S. The normalized spacial score (nSPS) is 13.3. The molecule has 0 radical (unpaired) electrons. The van der Waals surface area contributed by atoms with E-state index in [1.807, 2.05) is 18.0 Å². The summed E-state index contributed by atoms with van der Waals surface area (Å²) in [7, 11) is -2.06. The van der Waals surface area contributed by atoms with Gasteiger partial charge in [0.25, 0.3) is 11.5 Å². The van der Waals surface area contributed by atoms with Gasteiger partial charge in [-0.25, -0.2) is 23.1 Å². The number of nitrogens with one attached hydrogen (secondary N) is 1. The van der Waals surface area contributed by atoms with Gasteiger partial charge < -0.3 is 14.8 Å². The van der Waals surface area contributed by atoms with Gasteiger partial charge in [0.1, 0.15) is 5.82 Å². The molecule has 16 heteroatoms. The minimum atomic E-state index is -5.08. The molecule has 0 aliphatic carbocycles. The van der Waals surface area contributed by atoms with Crippen LogP contribution in [-0.2, 0) is 32.5 Å². The first-order valence-electron chi connectivity index (χ1n) is 12.5. The summed E-state index contributed by atoms with van der Waals surface area (Å²) < 4.78 is 70.3. The maximum Gasteiger partial charge on any atom is 0.490 e. The number of aryl methyl sites for hydroxylation is 1. The molecule has 1 atom stereocenters. The van der Waals surface area contributed by atoms with Gasteiger partial charge >= 0.3 is 12.1 Å². The van der Waals surface area contributed by atoms with Gasteiger partial charge in [0, 0.05) is 43.0 Å². The maximum atomic E-state index is 14.9. The zero-order chi connectivity index (χ0) is 32.8. The fourth-order valence-electron chi connectivity index (χ4n) is 4.00. The van der Waals surface area contributed by atoms with Crippen molar-refractivity contribution in [3.05, 3.63) is 70.4 Å². The Morgan fingerprint density at radius 1 is 1.09 bits per heavy atom. The van der Waals surface area contributed by atoms with Crippen LogP contribution in [-0.4, -0.2) is 82.6 Å². The molecule has 1 amide bonds. The fourth-order valence-corrected chi connectivity index (χ4v) is 4.85. The number of likely N-dealkylation sites (N-methyl/N-ethyl adjacent to an activating group) is 1. The van der Waals surface area contributed by atoms with Gasteiger partial charge in [-0.05, 0) is 61.2 Å². The Kier molecular flexibility index (Phi) is 11.6. The van der Waals surface area contributed by atoms with E-state index in [1.54, 1.807) is 30.3 Å². The second-order valence-corrected chi connectivity index (χ2v) is 12.3. The minimum Gasteiger partial charge on any atom is -0.475 e. The van der Waals surface area contributed by atoms with E-state index in [9.17, 15) is 35.6 Å². The molecule has 2 aromatic carbocycles. The van der Waals surface area contributed by atoms with Gasteiger partial charge in [0.2, 0.25) is 0 Å². The first-order valence-corrected chi connectivity index (χ1v) is 14.4. The SMILES string of the molecule is CN(CCO)Cc1ccc(-c2ccc3c(=O)n(CCC(C)(C(=O)NO)S(C)(=O)=O)ccc3c2)c(F)c1.O=C(O)C(F)(F)F. The predicted octanol–water partition coefficient (Wildman–Crippen LogP) is 2.56. The molecule has 0 saturated carbocycles. The number of carbonyl (C=O) groups is 2. The van der Waals surface area contributed by atoms with Gasteiger partial charge in [-0.2, -0.15) is 13.2 Å². The highest BCUT2D eigenvalue weighted by Crippen LogP contribution is 2.27. The monoisotopic (exact) mass is 633 g/mol. The van der Waals surface area contributed by atoms with E-state index >= 15 is 0 Å². The third kappa shape index (κ3) is 8.82. The van der Waals surface area contributed by atoms with Crippen LogP contribution in [0.5, 0.6) is 0 Å². The van der Waals surface area contributed by atoms with Crippen molar-refractivity contribution in [3.8, 4) is 11.1 Å². The third-order valence-corrected chi connectivity index (χ3v) is 8.75. The summed E-state index contributed by atoms with van der Waals surface area (Å²) in [5.74, 6) is -4.23. The number of rotatable bonds is 10. The number of carbonyl (C=O) groups excluding carboxylic acids is 1. The van der Waals surface area contributed by atoms with Crippen LogP contribution < -0.4 is 11.0 Å². The molecule has 43 heavy (non-hydrogen) atoms. The zero-order valence-corrected chi connectivity index (χ0v) is 24.2. The van der Waals surface area contributed by atoms with Gasteiger partial charge in [0.15, 0.2) is 14.6 Å². The number of halogens is 4. The maximum absolute atomic E-state index is 14.9. The number of nitrogens with zero attached hydrogens (tertiary/aromatic N) is 2. The van der Waals surface area contributed by atoms with E-state index in [0.29, 0.717) is 35.0 Å². The predicted molar refractivity (Wildman–Crippen MR) is 149 cm³/mol. The molecular weight excluding hydrogens is 602 g/mol. The molecule has 1 aromatic heterocycles. The second kappa shape index (κ2) is 14.1.